The maximum Gasteiger partial charge on any atom is 0.250 e. The molecule has 140 valence electrons. The molecule has 0 saturated heterocycles. The highest BCUT2D eigenvalue weighted by molar-refractivity contribution is 5.96. The number of aryl methyl sites for hydroxylation is 2. The van der Waals surface area contributed by atoms with Gasteiger partial charge in [0.15, 0.2) is 0 Å². The predicted octanol–water partition coefficient (Wildman–Crippen LogP) is 2.29. The van der Waals surface area contributed by atoms with Crippen LogP contribution in [0.4, 0.5) is 11.4 Å². The highest BCUT2D eigenvalue weighted by Gasteiger charge is 2.18. The molecule has 0 fully saturated rings. The van der Waals surface area contributed by atoms with E-state index in [2.05, 4.69) is 15.7 Å². The fourth-order valence-corrected chi connectivity index (χ4v) is 2.59. The van der Waals surface area contributed by atoms with Gasteiger partial charge in [-0.3, -0.25) is 14.3 Å². The quantitative estimate of drug-likeness (QED) is 0.790. The van der Waals surface area contributed by atoms with E-state index in [1.54, 1.807) is 29.8 Å². The Kier molecular flexibility index (Phi) is 6.35. The lowest BCUT2D eigenvalue weighted by atomic mass is 10.2. The van der Waals surface area contributed by atoms with Crippen molar-refractivity contribution < 1.29 is 19.1 Å². The highest BCUT2D eigenvalue weighted by Crippen LogP contribution is 2.28. The Morgan fingerprint density at radius 1 is 1.19 bits per heavy atom. The first kappa shape index (κ1) is 19.5. The Bertz CT molecular complexity index is 800. The summed E-state index contributed by atoms with van der Waals surface area (Å²) in [6.45, 7) is 5.52. The summed E-state index contributed by atoms with van der Waals surface area (Å²) in [5.74, 6) is -0.0545. The molecular weight excluding hydrogens is 336 g/mol. The molecule has 0 saturated carbocycles. The SMILES string of the molecule is COCC(=O)Nc1ccc(NC(=O)C(C)n2nc(C)cc2C)cc1OC. The van der Waals surface area contributed by atoms with Gasteiger partial charge < -0.3 is 20.1 Å². The number of nitrogens with zero attached hydrogens (tertiary/aromatic N) is 2. The van der Waals surface area contributed by atoms with Gasteiger partial charge >= 0.3 is 0 Å². The van der Waals surface area contributed by atoms with Gasteiger partial charge in [-0.05, 0) is 39.0 Å². The molecule has 0 bridgehead atoms. The molecule has 1 unspecified atom stereocenters. The van der Waals surface area contributed by atoms with Crippen LogP contribution >= 0.6 is 0 Å². The van der Waals surface area contributed by atoms with Gasteiger partial charge in [-0.1, -0.05) is 0 Å². The van der Waals surface area contributed by atoms with Crippen LogP contribution < -0.4 is 15.4 Å². The van der Waals surface area contributed by atoms with Crippen molar-refractivity contribution in [1.29, 1.82) is 0 Å². The van der Waals surface area contributed by atoms with Crippen molar-refractivity contribution in [2.45, 2.75) is 26.8 Å². The van der Waals surface area contributed by atoms with Crippen LogP contribution in [0.25, 0.3) is 0 Å². The Morgan fingerprint density at radius 2 is 1.92 bits per heavy atom. The first-order valence-corrected chi connectivity index (χ1v) is 8.16. The molecule has 0 radical (unpaired) electrons. The number of carbonyl (C=O) groups is 2. The maximum absolute atomic E-state index is 12.5. The minimum Gasteiger partial charge on any atom is -0.494 e. The topological polar surface area (TPSA) is 94.5 Å². The number of nitrogens with one attached hydrogen (secondary N) is 2. The van der Waals surface area contributed by atoms with Crippen molar-refractivity contribution in [3.63, 3.8) is 0 Å². The third-order valence-electron chi connectivity index (χ3n) is 3.81. The molecule has 0 aliphatic rings. The van der Waals surface area contributed by atoms with E-state index in [-0.39, 0.29) is 18.4 Å². The van der Waals surface area contributed by atoms with Gasteiger partial charge in [-0.2, -0.15) is 5.10 Å². The van der Waals surface area contributed by atoms with Crippen molar-refractivity contribution in [1.82, 2.24) is 9.78 Å². The average Bonchev–Trinajstić information content (AvgIpc) is 2.93. The molecule has 2 amide bonds. The first-order chi connectivity index (χ1) is 12.3. The maximum atomic E-state index is 12.5. The number of carbonyl (C=O) groups excluding carboxylic acids is 2. The molecule has 1 atom stereocenters. The zero-order valence-corrected chi connectivity index (χ0v) is 15.6. The largest absolute Gasteiger partial charge is 0.494 e. The lowest BCUT2D eigenvalue weighted by Crippen LogP contribution is -2.25. The van der Waals surface area contributed by atoms with E-state index in [9.17, 15) is 9.59 Å². The summed E-state index contributed by atoms with van der Waals surface area (Å²) in [6, 6.07) is 6.46. The second kappa shape index (κ2) is 8.48. The summed E-state index contributed by atoms with van der Waals surface area (Å²) < 4.78 is 11.8. The van der Waals surface area contributed by atoms with Crippen molar-refractivity contribution >= 4 is 23.2 Å². The standard InChI is InChI=1S/C18H24N4O4/c1-11-8-12(2)22(21-11)13(3)18(24)19-14-6-7-15(16(9-14)26-5)20-17(23)10-25-4/h6-9,13H,10H2,1-5H3,(H,19,24)(H,20,23). The van der Waals surface area contributed by atoms with E-state index in [1.165, 1.54) is 14.2 Å². The summed E-state index contributed by atoms with van der Waals surface area (Å²) in [5, 5.41) is 9.87. The summed E-state index contributed by atoms with van der Waals surface area (Å²) in [4.78, 5) is 24.2. The van der Waals surface area contributed by atoms with E-state index in [0.717, 1.165) is 11.4 Å². The Labute approximate surface area is 152 Å². The van der Waals surface area contributed by atoms with E-state index in [1.807, 2.05) is 19.9 Å². The van der Waals surface area contributed by atoms with Gasteiger partial charge in [0.1, 0.15) is 18.4 Å². The number of hydrogen-bond acceptors (Lipinski definition) is 5. The molecule has 2 rings (SSSR count). The first-order valence-electron chi connectivity index (χ1n) is 8.16. The lowest BCUT2D eigenvalue weighted by Gasteiger charge is -2.16. The Morgan fingerprint density at radius 3 is 2.50 bits per heavy atom. The van der Waals surface area contributed by atoms with E-state index in [4.69, 9.17) is 9.47 Å². The molecule has 8 nitrogen and oxygen atoms in total. The van der Waals surface area contributed by atoms with Crippen molar-refractivity contribution in [3.8, 4) is 5.75 Å². The van der Waals surface area contributed by atoms with Gasteiger partial charge in [-0.15, -0.1) is 0 Å². The van der Waals surface area contributed by atoms with E-state index >= 15 is 0 Å². The monoisotopic (exact) mass is 360 g/mol. The third kappa shape index (κ3) is 4.60. The van der Waals surface area contributed by atoms with Crippen LogP contribution in [-0.2, 0) is 14.3 Å². The van der Waals surface area contributed by atoms with Crippen LogP contribution in [0.1, 0.15) is 24.4 Å². The minimum absolute atomic E-state index is 0.0538. The van der Waals surface area contributed by atoms with Gasteiger partial charge in [0.05, 0.1) is 18.5 Å². The molecule has 1 heterocycles. The molecule has 1 aromatic carbocycles. The fourth-order valence-electron chi connectivity index (χ4n) is 2.59. The summed E-state index contributed by atoms with van der Waals surface area (Å²) in [5.41, 5.74) is 2.84. The molecule has 0 spiro atoms. The number of benzene rings is 1. The minimum atomic E-state index is -0.462. The van der Waals surface area contributed by atoms with Gasteiger partial charge in [0, 0.05) is 24.6 Å². The molecular formula is C18H24N4O4. The van der Waals surface area contributed by atoms with Crippen LogP contribution in [0.15, 0.2) is 24.3 Å². The van der Waals surface area contributed by atoms with E-state index < -0.39 is 6.04 Å². The van der Waals surface area contributed by atoms with E-state index in [0.29, 0.717) is 17.1 Å². The highest BCUT2D eigenvalue weighted by atomic mass is 16.5. The summed E-state index contributed by atoms with van der Waals surface area (Å²) >= 11 is 0. The smallest absolute Gasteiger partial charge is 0.250 e. The zero-order chi connectivity index (χ0) is 19.3. The zero-order valence-electron chi connectivity index (χ0n) is 15.6. The molecule has 2 aromatic rings. The number of ether oxygens (including phenoxy) is 2. The number of rotatable bonds is 7. The molecule has 8 heteroatoms. The summed E-state index contributed by atoms with van der Waals surface area (Å²) in [7, 11) is 2.94. The van der Waals surface area contributed by atoms with Crippen LogP contribution in [-0.4, -0.2) is 42.4 Å². The second-order valence-corrected chi connectivity index (χ2v) is 5.93. The average molecular weight is 360 g/mol. The molecule has 2 N–H and O–H groups in total. The number of aromatic nitrogens is 2. The summed E-state index contributed by atoms with van der Waals surface area (Å²) in [6.07, 6.45) is 0. The molecule has 26 heavy (non-hydrogen) atoms. The van der Waals surface area contributed by atoms with Crippen molar-refractivity contribution in [2.75, 3.05) is 31.5 Å². The Hall–Kier alpha value is -2.87. The number of anilines is 2. The normalized spacial score (nSPS) is 11.7. The predicted molar refractivity (Wildman–Crippen MR) is 98.5 cm³/mol. The van der Waals surface area contributed by atoms with Gasteiger partial charge in [0.25, 0.3) is 0 Å². The molecule has 0 aliphatic heterocycles. The van der Waals surface area contributed by atoms with Crippen LogP contribution in [0.3, 0.4) is 0 Å². The Balaban J connectivity index is 2.12. The molecule has 0 aliphatic carbocycles. The second-order valence-electron chi connectivity index (χ2n) is 5.93. The lowest BCUT2D eigenvalue weighted by molar-refractivity contribution is -0.120. The number of amides is 2. The van der Waals surface area contributed by atoms with Gasteiger partial charge in [-0.25, -0.2) is 0 Å². The van der Waals surface area contributed by atoms with Crippen LogP contribution in [0, 0.1) is 13.8 Å². The van der Waals surface area contributed by atoms with Crippen LogP contribution in [0.5, 0.6) is 5.75 Å². The number of hydrogen-bond donors (Lipinski definition) is 2. The third-order valence-corrected chi connectivity index (χ3v) is 3.81. The fraction of sp³-hybridized carbons (Fsp3) is 0.389. The van der Waals surface area contributed by atoms with Crippen molar-refractivity contribution in [3.05, 3.63) is 35.7 Å². The van der Waals surface area contributed by atoms with Gasteiger partial charge in [0.2, 0.25) is 11.8 Å². The van der Waals surface area contributed by atoms with Crippen molar-refractivity contribution in [2.24, 2.45) is 0 Å². The molecule has 1 aromatic heterocycles. The van der Waals surface area contributed by atoms with Crippen LogP contribution in [0.2, 0.25) is 0 Å². The number of methoxy groups -OCH3 is 2.